The smallest absolute Gasteiger partial charge is 0.354 e. The third kappa shape index (κ3) is 3.00. The lowest BCUT2D eigenvalue weighted by Gasteiger charge is -2.40. The summed E-state index contributed by atoms with van der Waals surface area (Å²) in [5.41, 5.74) is 0.761. The van der Waals surface area contributed by atoms with Crippen molar-refractivity contribution in [2.75, 3.05) is 38.3 Å². The Morgan fingerprint density at radius 3 is 2.77 bits per heavy atom. The number of hydrogen-bond donors (Lipinski definition) is 2. The van der Waals surface area contributed by atoms with Crippen molar-refractivity contribution in [2.24, 2.45) is 11.8 Å². The predicted octanol–water partition coefficient (Wildman–Crippen LogP) is 0.622. The minimum absolute atomic E-state index is 0.0305. The monoisotopic (exact) mass is 308 g/mol. The molecule has 0 amide bonds. The Balaban J connectivity index is 1.72. The van der Waals surface area contributed by atoms with Gasteiger partial charge in [0, 0.05) is 26.8 Å². The molecule has 1 aliphatic heterocycles. The van der Waals surface area contributed by atoms with Crippen molar-refractivity contribution >= 4 is 11.7 Å². The molecule has 2 fully saturated rings. The zero-order chi connectivity index (χ0) is 15.7. The zero-order valence-corrected chi connectivity index (χ0v) is 12.4. The van der Waals surface area contributed by atoms with Gasteiger partial charge in [0.25, 0.3) is 0 Å². The van der Waals surface area contributed by atoms with Gasteiger partial charge in [0.05, 0.1) is 12.7 Å². The Hall–Kier alpha value is -1.86. The molecular weight excluding hydrogens is 288 g/mol. The van der Waals surface area contributed by atoms with Gasteiger partial charge in [-0.1, -0.05) is 0 Å². The molecule has 1 aromatic rings. The number of aromatic nitrogens is 1. The number of aliphatic hydroxyl groups is 1. The van der Waals surface area contributed by atoms with Gasteiger partial charge in [0.1, 0.15) is 5.69 Å². The standard InChI is InChI=1S/C15H20N2O5/c1-21-11-5-17(6-11)13-3-2-12(15(19)20)16-14(13)22-8-10-4-9(10)7-18/h2-3,9-11,18H,4-8H2,1H3,(H,19,20)/t9?,10-/m1/s1. The summed E-state index contributed by atoms with van der Waals surface area (Å²) < 4.78 is 11.0. The largest absolute Gasteiger partial charge is 0.477 e. The van der Waals surface area contributed by atoms with E-state index in [0.717, 1.165) is 25.2 Å². The van der Waals surface area contributed by atoms with E-state index in [9.17, 15) is 4.79 Å². The minimum Gasteiger partial charge on any atom is -0.477 e. The maximum absolute atomic E-state index is 11.1. The SMILES string of the molecule is COC1CN(c2ccc(C(=O)O)nc2OC[C@H]2CC2CO)C1. The molecule has 0 spiro atoms. The van der Waals surface area contributed by atoms with Gasteiger partial charge >= 0.3 is 5.97 Å². The van der Waals surface area contributed by atoms with Crippen LogP contribution in [0, 0.1) is 11.8 Å². The average Bonchev–Trinajstić information content (AvgIpc) is 3.23. The van der Waals surface area contributed by atoms with Gasteiger partial charge < -0.3 is 24.6 Å². The number of pyridine rings is 1. The lowest BCUT2D eigenvalue weighted by atomic mass is 10.1. The molecule has 2 atom stereocenters. The molecule has 0 radical (unpaired) electrons. The van der Waals surface area contributed by atoms with Gasteiger partial charge in [0.15, 0.2) is 5.69 Å². The molecule has 1 saturated heterocycles. The van der Waals surface area contributed by atoms with E-state index in [-0.39, 0.29) is 18.4 Å². The number of aliphatic hydroxyl groups excluding tert-OH is 1. The summed E-state index contributed by atoms with van der Waals surface area (Å²) in [6.45, 7) is 2.11. The summed E-state index contributed by atoms with van der Waals surface area (Å²) in [6, 6.07) is 3.21. The van der Waals surface area contributed by atoms with Crippen molar-refractivity contribution in [2.45, 2.75) is 12.5 Å². The van der Waals surface area contributed by atoms with E-state index in [1.54, 1.807) is 13.2 Å². The molecule has 22 heavy (non-hydrogen) atoms. The van der Waals surface area contributed by atoms with Crippen LogP contribution >= 0.6 is 0 Å². The van der Waals surface area contributed by atoms with Crippen LogP contribution in [0.3, 0.4) is 0 Å². The van der Waals surface area contributed by atoms with E-state index in [1.807, 2.05) is 0 Å². The van der Waals surface area contributed by atoms with E-state index >= 15 is 0 Å². The number of ether oxygens (including phenoxy) is 2. The van der Waals surface area contributed by atoms with Gasteiger partial charge in [-0.25, -0.2) is 9.78 Å². The fourth-order valence-electron chi connectivity index (χ4n) is 2.61. The molecule has 7 nitrogen and oxygen atoms in total. The second kappa shape index (κ2) is 6.10. The van der Waals surface area contributed by atoms with Crippen molar-refractivity contribution in [3.8, 4) is 5.88 Å². The van der Waals surface area contributed by atoms with E-state index in [2.05, 4.69) is 9.88 Å². The number of nitrogens with zero attached hydrogens (tertiary/aromatic N) is 2. The minimum atomic E-state index is -1.07. The van der Waals surface area contributed by atoms with E-state index < -0.39 is 5.97 Å². The second-order valence-corrected chi connectivity index (χ2v) is 5.84. The van der Waals surface area contributed by atoms with Crippen molar-refractivity contribution in [1.29, 1.82) is 0 Å². The number of carboxylic acid groups (broad SMARTS) is 1. The molecule has 2 N–H and O–H groups in total. The molecule has 1 aromatic heterocycles. The highest BCUT2D eigenvalue weighted by Gasteiger charge is 2.37. The lowest BCUT2D eigenvalue weighted by molar-refractivity contribution is 0.0687. The van der Waals surface area contributed by atoms with Crippen LogP contribution in [0.2, 0.25) is 0 Å². The van der Waals surface area contributed by atoms with Crippen LogP contribution in [0.4, 0.5) is 5.69 Å². The first-order chi connectivity index (χ1) is 10.6. The normalized spacial score (nSPS) is 24.0. The van der Waals surface area contributed by atoms with Crippen molar-refractivity contribution in [3.05, 3.63) is 17.8 Å². The molecular formula is C15H20N2O5. The summed E-state index contributed by atoms with van der Waals surface area (Å²) >= 11 is 0. The number of carboxylic acids is 1. The molecule has 7 heteroatoms. The fourth-order valence-corrected chi connectivity index (χ4v) is 2.61. The van der Waals surface area contributed by atoms with Crippen LogP contribution in [-0.4, -0.2) is 60.7 Å². The second-order valence-electron chi connectivity index (χ2n) is 5.84. The zero-order valence-electron chi connectivity index (χ0n) is 12.4. The van der Waals surface area contributed by atoms with Gasteiger partial charge in [-0.3, -0.25) is 0 Å². The van der Waals surface area contributed by atoms with Crippen molar-refractivity contribution in [1.82, 2.24) is 4.98 Å². The van der Waals surface area contributed by atoms with Gasteiger partial charge in [-0.05, 0) is 30.4 Å². The van der Waals surface area contributed by atoms with E-state index in [1.165, 1.54) is 6.07 Å². The highest BCUT2D eigenvalue weighted by atomic mass is 16.5. The number of carbonyl (C=O) groups is 1. The maximum atomic E-state index is 11.1. The van der Waals surface area contributed by atoms with Crippen molar-refractivity contribution in [3.63, 3.8) is 0 Å². The van der Waals surface area contributed by atoms with Crippen LogP contribution in [-0.2, 0) is 4.74 Å². The van der Waals surface area contributed by atoms with Crippen LogP contribution in [0.5, 0.6) is 5.88 Å². The number of rotatable bonds is 7. The average molecular weight is 308 g/mol. The predicted molar refractivity (Wildman–Crippen MR) is 78.4 cm³/mol. The Labute approximate surface area is 128 Å². The first-order valence-corrected chi connectivity index (χ1v) is 7.38. The summed E-state index contributed by atoms with van der Waals surface area (Å²) in [6.07, 6.45) is 1.13. The summed E-state index contributed by atoms with van der Waals surface area (Å²) in [7, 11) is 1.67. The molecule has 1 aliphatic carbocycles. The molecule has 2 aliphatic rings. The van der Waals surface area contributed by atoms with Crippen LogP contribution < -0.4 is 9.64 Å². The molecule has 3 rings (SSSR count). The number of anilines is 1. The lowest BCUT2D eigenvalue weighted by Crippen LogP contribution is -2.52. The summed E-state index contributed by atoms with van der Waals surface area (Å²) in [5, 5.41) is 18.1. The molecule has 1 unspecified atom stereocenters. The Kier molecular flexibility index (Phi) is 4.17. The number of methoxy groups -OCH3 is 1. The molecule has 2 heterocycles. The molecule has 120 valence electrons. The van der Waals surface area contributed by atoms with Gasteiger partial charge in [-0.2, -0.15) is 0 Å². The molecule has 1 saturated carbocycles. The topological polar surface area (TPSA) is 92.1 Å². The Morgan fingerprint density at radius 2 is 2.18 bits per heavy atom. The summed E-state index contributed by atoms with van der Waals surface area (Å²) in [5.74, 6) is -0.100. The quantitative estimate of drug-likeness (QED) is 0.763. The Morgan fingerprint density at radius 1 is 1.41 bits per heavy atom. The summed E-state index contributed by atoms with van der Waals surface area (Å²) in [4.78, 5) is 17.2. The number of aromatic carboxylic acids is 1. The van der Waals surface area contributed by atoms with Gasteiger partial charge in [0.2, 0.25) is 5.88 Å². The van der Waals surface area contributed by atoms with Crippen LogP contribution in [0.1, 0.15) is 16.9 Å². The van der Waals surface area contributed by atoms with E-state index in [0.29, 0.717) is 24.3 Å². The molecule has 0 aromatic carbocycles. The first-order valence-electron chi connectivity index (χ1n) is 7.38. The highest BCUT2D eigenvalue weighted by molar-refractivity contribution is 5.86. The third-order valence-electron chi connectivity index (χ3n) is 4.32. The highest BCUT2D eigenvalue weighted by Crippen LogP contribution is 2.39. The maximum Gasteiger partial charge on any atom is 0.354 e. The molecule has 0 bridgehead atoms. The third-order valence-corrected chi connectivity index (χ3v) is 4.32. The number of hydrogen-bond acceptors (Lipinski definition) is 6. The fraction of sp³-hybridized carbons (Fsp3) is 0.600. The van der Waals surface area contributed by atoms with Gasteiger partial charge in [-0.15, -0.1) is 0 Å². The van der Waals surface area contributed by atoms with Crippen molar-refractivity contribution < 1.29 is 24.5 Å². The van der Waals surface area contributed by atoms with Crippen LogP contribution in [0.15, 0.2) is 12.1 Å². The van der Waals surface area contributed by atoms with E-state index in [4.69, 9.17) is 19.7 Å². The Bertz CT molecular complexity index is 559. The van der Waals surface area contributed by atoms with Crippen LogP contribution in [0.25, 0.3) is 0 Å². The first kappa shape index (κ1) is 15.1.